The molecule has 0 radical (unpaired) electrons. The lowest BCUT2D eigenvalue weighted by atomic mass is 9.84. The van der Waals surface area contributed by atoms with Crippen LogP contribution in [0.3, 0.4) is 0 Å². The van der Waals surface area contributed by atoms with Gasteiger partial charge in [-0.1, -0.05) is 91.0 Å². The van der Waals surface area contributed by atoms with E-state index in [0.29, 0.717) is 6.54 Å². The van der Waals surface area contributed by atoms with Gasteiger partial charge in [-0.05, 0) is 59.5 Å². The van der Waals surface area contributed by atoms with Crippen LogP contribution >= 0.6 is 11.8 Å². The zero-order valence-electron chi connectivity index (χ0n) is 24.7. The predicted molar refractivity (Wildman–Crippen MR) is 174 cm³/mol. The van der Waals surface area contributed by atoms with Crippen molar-refractivity contribution in [2.24, 2.45) is 0 Å². The number of hydrogen-bond donors (Lipinski definition) is 1. The average Bonchev–Trinajstić information content (AvgIpc) is 3.51. The smallest absolute Gasteiger partial charge is 0.127 e. The number of nitrogens with zero attached hydrogens (tertiary/aromatic N) is 1. The summed E-state index contributed by atoms with van der Waals surface area (Å²) in [6.07, 6.45) is 0.798. The van der Waals surface area contributed by atoms with E-state index >= 15 is 0 Å². The second kappa shape index (κ2) is 14.0. The van der Waals surface area contributed by atoms with Crippen molar-refractivity contribution >= 4 is 11.8 Å². The number of nitrogens with one attached hydrogen (secondary N) is 1. The molecule has 2 nitrogen and oxygen atoms in total. The third-order valence-corrected chi connectivity index (χ3v) is 10.1. The summed E-state index contributed by atoms with van der Waals surface area (Å²) in [7, 11) is 0. The van der Waals surface area contributed by atoms with Gasteiger partial charge in [-0.15, -0.1) is 11.8 Å². The molecule has 0 bridgehead atoms. The summed E-state index contributed by atoms with van der Waals surface area (Å²) in [5, 5.41) is 3.84. The zero-order chi connectivity index (χ0) is 31.2. The summed E-state index contributed by atoms with van der Waals surface area (Å²) in [5.74, 6) is -2.16. The van der Waals surface area contributed by atoms with Crippen molar-refractivity contribution < 1.29 is 17.6 Å². The van der Waals surface area contributed by atoms with Crippen molar-refractivity contribution in [1.82, 2.24) is 10.2 Å². The van der Waals surface area contributed by atoms with E-state index in [1.54, 1.807) is 0 Å². The molecule has 45 heavy (non-hydrogen) atoms. The highest BCUT2D eigenvalue weighted by atomic mass is 32.2. The second-order valence-corrected chi connectivity index (χ2v) is 13.0. The summed E-state index contributed by atoms with van der Waals surface area (Å²) in [6.45, 7) is 1.28. The van der Waals surface area contributed by atoms with E-state index in [9.17, 15) is 17.6 Å². The molecule has 7 heteroatoms. The van der Waals surface area contributed by atoms with E-state index in [1.807, 2.05) is 34.9 Å². The molecule has 230 valence electrons. The van der Waals surface area contributed by atoms with Crippen molar-refractivity contribution in [3.05, 3.63) is 178 Å². The third kappa shape index (κ3) is 7.17. The molecule has 1 N–H and O–H groups in total. The van der Waals surface area contributed by atoms with Crippen molar-refractivity contribution in [2.45, 2.75) is 35.5 Å². The van der Waals surface area contributed by atoms with Crippen LogP contribution in [-0.2, 0) is 17.8 Å². The molecule has 5 aromatic rings. The van der Waals surface area contributed by atoms with E-state index in [-0.39, 0.29) is 35.5 Å². The summed E-state index contributed by atoms with van der Waals surface area (Å²) in [5.41, 5.74) is 3.89. The van der Waals surface area contributed by atoms with Gasteiger partial charge in [0.25, 0.3) is 0 Å². The van der Waals surface area contributed by atoms with Crippen LogP contribution in [0.4, 0.5) is 17.6 Å². The van der Waals surface area contributed by atoms with Gasteiger partial charge in [-0.2, -0.15) is 0 Å². The first-order valence-electron chi connectivity index (χ1n) is 15.1. The van der Waals surface area contributed by atoms with Crippen molar-refractivity contribution in [3.63, 3.8) is 0 Å². The Balaban J connectivity index is 1.28. The first kappa shape index (κ1) is 31.1. The molecule has 0 aliphatic carbocycles. The molecular weight excluding hydrogens is 592 g/mol. The minimum Gasteiger partial charge on any atom is -0.312 e. The lowest BCUT2D eigenvalue weighted by Gasteiger charge is -2.37. The average molecular weight is 627 g/mol. The number of thioether (sulfide) groups is 1. The molecule has 0 spiro atoms. The number of hydrogen-bond acceptors (Lipinski definition) is 3. The fraction of sp³-hybridized carbons (Fsp3) is 0.211. The van der Waals surface area contributed by atoms with E-state index in [2.05, 4.69) is 78.1 Å². The maximum Gasteiger partial charge on any atom is 0.127 e. The van der Waals surface area contributed by atoms with E-state index in [4.69, 9.17) is 0 Å². The Morgan fingerprint density at radius 1 is 0.622 bits per heavy atom. The van der Waals surface area contributed by atoms with Crippen LogP contribution in [0, 0.1) is 23.3 Å². The molecule has 0 saturated carbocycles. The molecule has 1 heterocycles. The Labute approximate surface area is 266 Å². The van der Waals surface area contributed by atoms with Gasteiger partial charge in [-0.25, -0.2) is 17.6 Å². The van der Waals surface area contributed by atoms with Crippen LogP contribution < -0.4 is 5.32 Å². The van der Waals surface area contributed by atoms with Gasteiger partial charge in [0.1, 0.15) is 23.3 Å². The Morgan fingerprint density at radius 2 is 1.07 bits per heavy atom. The van der Waals surface area contributed by atoms with E-state index < -0.39 is 28.0 Å². The van der Waals surface area contributed by atoms with Crippen LogP contribution in [0.15, 0.2) is 127 Å². The van der Waals surface area contributed by atoms with Gasteiger partial charge in [0.15, 0.2) is 0 Å². The molecule has 6 rings (SSSR count). The van der Waals surface area contributed by atoms with Crippen LogP contribution in [0.1, 0.15) is 34.2 Å². The molecule has 1 saturated heterocycles. The van der Waals surface area contributed by atoms with Gasteiger partial charge in [-0.3, -0.25) is 4.90 Å². The molecule has 1 aliphatic rings. The van der Waals surface area contributed by atoms with Gasteiger partial charge in [0, 0.05) is 48.6 Å². The normalized spacial score (nSPS) is 16.7. The molecule has 1 fully saturated rings. The maximum atomic E-state index is 14.7. The number of rotatable bonds is 11. The van der Waals surface area contributed by atoms with Crippen LogP contribution in [0.25, 0.3) is 0 Å². The lowest BCUT2D eigenvalue weighted by Crippen LogP contribution is -2.37. The van der Waals surface area contributed by atoms with Gasteiger partial charge < -0.3 is 5.32 Å². The van der Waals surface area contributed by atoms with Crippen molar-refractivity contribution in [3.8, 4) is 0 Å². The molecular formula is C38H34F4N2S. The molecule has 2 atom stereocenters. The van der Waals surface area contributed by atoms with Gasteiger partial charge in [0.2, 0.25) is 0 Å². The maximum absolute atomic E-state index is 14.7. The van der Waals surface area contributed by atoms with Crippen LogP contribution in [0.5, 0.6) is 0 Å². The molecule has 0 aromatic heterocycles. The van der Waals surface area contributed by atoms with Crippen molar-refractivity contribution in [2.75, 3.05) is 13.1 Å². The fourth-order valence-corrected chi connectivity index (χ4v) is 8.12. The first-order valence-corrected chi connectivity index (χ1v) is 16.0. The quantitative estimate of drug-likeness (QED) is 0.117. The molecule has 2 unspecified atom stereocenters. The monoisotopic (exact) mass is 626 g/mol. The minimum absolute atomic E-state index is 0.00393. The number of benzene rings is 5. The Morgan fingerprint density at radius 3 is 1.51 bits per heavy atom. The Bertz CT molecular complexity index is 1550. The Hall–Kier alpha value is -3.91. The fourth-order valence-electron chi connectivity index (χ4n) is 6.29. The van der Waals surface area contributed by atoms with Crippen LogP contribution in [0.2, 0.25) is 0 Å². The summed E-state index contributed by atoms with van der Waals surface area (Å²) < 4.78 is 57.1. The van der Waals surface area contributed by atoms with Crippen LogP contribution in [-0.4, -0.2) is 29.3 Å². The van der Waals surface area contributed by atoms with Crippen molar-refractivity contribution in [1.29, 1.82) is 0 Å². The lowest BCUT2D eigenvalue weighted by molar-refractivity contribution is 0.226. The third-order valence-electron chi connectivity index (χ3n) is 8.35. The molecule has 0 amide bonds. The predicted octanol–water partition coefficient (Wildman–Crippen LogP) is 8.70. The molecule has 1 aliphatic heterocycles. The second-order valence-electron chi connectivity index (χ2n) is 11.5. The highest BCUT2D eigenvalue weighted by molar-refractivity contribution is 8.01. The first-order chi connectivity index (χ1) is 21.9. The summed E-state index contributed by atoms with van der Waals surface area (Å²) >= 11 is 1.91. The summed E-state index contributed by atoms with van der Waals surface area (Å²) in [6, 6.07) is 38.2. The number of halogens is 4. The standard InChI is InChI=1S/C38H34F4N2S/c39-32-16-18-36(41)27(20-32)24-44(25-28-21-33(40)17-19-37(28)42)26-34-22-35(23-43-34)45-38(29-10-4-1-5-11-29,30-12-6-2-7-13-30)31-14-8-3-9-15-31/h1-21,34-35,43H,22-26H2. The minimum atomic E-state index is -0.544. The van der Waals surface area contributed by atoms with E-state index in [1.165, 1.54) is 28.8 Å². The Kier molecular flexibility index (Phi) is 9.69. The van der Waals surface area contributed by atoms with Gasteiger partial charge in [0.05, 0.1) is 4.75 Å². The zero-order valence-corrected chi connectivity index (χ0v) is 25.5. The highest BCUT2D eigenvalue weighted by Gasteiger charge is 2.41. The largest absolute Gasteiger partial charge is 0.312 e. The highest BCUT2D eigenvalue weighted by Crippen LogP contribution is 2.51. The van der Waals surface area contributed by atoms with Gasteiger partial charge >= 0.3 is 0 Å². The summed E-state index contributed by atoms with van der Waals surface area (Å²) in [4.78, 5) is 1.86. The topological polar surface area (TPSA) is 15.3 Å². The SMILES string of the molecule is Fc1ccc(F)c(CN(Cc2cc(F)ccc2F)CC2CC(SC(c3ccccc3)(c3ccccc3)c3ccccc3)CN2)c1. The van der Waals surface area contributed by atoms with E-state index in [0.717, 1.165) is 37.2 Å². The molecule has 5 aromatic carbocycles.